The van der Waals surface area contributed by atoms with Crippen molar-refractivity contribution in [1.29, 1.82) is 0 Å². The molecule has 14 heavy (non-hydrogen) atoms. The van der Waals surface area contributed by atoms with E-state index in [4.69, 9.17) is 0 Å². The van der Waals surface area contributed by atoms with Crippen LogP contribution in [0.15, 0.2) is 18.2 Å². The van der Waals surface area contributed by atoms with Crippen LogP contribution >= 0.6 is 0 Å². The first-order chi connectivity index (χ1) is 6.83. The molecule has 1 nitrogen and oxygen atoms in total. The average molecular weight is 193 g/mol. The zero-order valence-corrected chi connectivity index (χ0v) is 8.52. The van der Waals surface area contributed by atoms with Crippen LogP contribution in [0, 0.1) is 0 Å². The van der Waals surface area contributed by atoms with Gasteiger partial charge in [0, 0.05) is 17.8 Å². The van der Waals surface area contributed by atoms with Crippen molar-refractivity contribution < 1.29 is 4.39 Å². The molecule has 76 valence electrons. The van der Waals surface area contributed by atoms with Crippen molar-refractivity contribution in [3.8, 4) is 0 Å². The number of benzene rings is 1. The summed E-state index contributed by atoms with van der Waals surface area (Å²) < 4.78 is 13.8. The number of alkyl halides is 1. The summed E-state index contributed by atoms with van der Waals surface area (Å²) in [7, 11) is 0. The number of hydrogen-bond donors (Lipinski definition) is 1. The van der Waals surface area contributed by atoms with Crippen LogP contribution in [0.3, 0.4) is 0 Å². The monoisotopic (exact) mass is 193 g/mol. The molecule has 0 aliphatic carbocycles. The van der Waals surface area contributed by atoms with Crippen molar-refractivity contribution in [1.82, 2.24) is 0 Å². The van der Waals surface area contributed by atoms with Gasteiger partial charge in [0.2, 0.25) is 0 Å². The highest BCUT2D eigenvalue weighted by atomic mass is 19.1. The predicted octanol–water partition coefficient (Wildman–Crippen LogP) is 3.47. The zero-order valence-electron chi connectivity index (χ0n) is 8.52. The Morgan fingerprint density at radius 1 is 1.50 bits per heavy atom. The number of anilines is 1. The highest BCUT2D eigenvalue weighted by Gasteiger charge is 2.18. The second kappa shape index (κ2) is 3.99. The minimum absolute atomic E-state index is 0.623. The van der Waals surface area contributed by atoms with E-state index in [1.165, 1.54) is 5.56 Å². The van der Waals surface area contributed by atoms with Gasteiger partial charge in [-0.15, -0.1) is 0 Å². The maximum Gasteiger partial charge on any atom is 0.127 e. The Labute approximate surface area is 84.3 Å². The third-order valence-electron chi connectivity index (χ3n) is 2.76. The minimum atomic E-state index is -0.805. The van der Waals surface area contributed by atoms with Gasteiger partial charge in [-0.05, 0) is 18.4 Å². The smallest absolute Gasteiger partial charge is 0.127 e. The van der Waals surface area contributed by atoms with E-state index in [-0.39, 0.29) is 0 Å². The van der Waals surface area contributed by atoms with Gasteiger partial charge in [0.1, 0.15) is 6.17 Å². The molecular weight excluding hydrogens is 177 g/mol. The summed E-state index contributed by atoms with van der Waals surface area (Å²) in [6.07, 6.45) is 1.74. The van der Waals surface area contributed by atoms with Crippen LogP contribution in [-0.4, -0.2) is 6.54 Å². The third-order valence-corrected chi connectivity index (χ3v) is 2.76. The van der Waals surface area contributed by atoms with Gasteiger partial charge in [0.25, 0.3) is 0 Å². The largest absolute Gasteiger partial charge is 0.384 e. The quantitative estimate of drug-likeness (QED) is 0.775. The minimum Gasteiger partial charge on any atom is -0.384 e. The fourth-order valence-corrected chi connectivity index (χ4v) is 2.04. The molecule has 0 saturated heterocycles. The Bertz CT molecular complexity index is 322. The number of fused-ring (bicyclic) bond motifs is 1. The van der Waals surface area contributed by atoms with Crippen LogP contribution in [0.2, 0.25) is 0 Å². The first kappa shape index (κ1) is 9.50. The van der Waals surface area contributed by atoms with Gasteiger partial charge in [0.05, 0.1) is 0 Å². The molecule has 0 radical (unpaired) electrons. The van der Waals surface area contributed by atoms with Crippen LogP contribution in [0.25, 0.3) is 0 Å². The molecule has 0 bridgehead atoms. The van der Waals surface area contributed by atoms with E-state index >= 15 is 0 Å². The van der Waals surface area contributed by atoms with Crippen molar-refractivity contribution in [2.24, 2.45) is 0 Å². The first-order valence-electron chi connectivity index (χ1n) is 5.32. The highest BCUT2D eigenvalue weighted by Crippen LogP contribution is 2.34. The lowest BCUT2D eigenvalue weighted by Crippen LogP contribution is -1.98. The zero-order chi connectivity index (χ0) is 9.97. The Morgan fingerprint density at radius 3 is 3.14 bits per heavy atom. The lowest BCUT2D eigenvalue weighted by molar-refractivity contribution is 0.322. The molecule has 2 heteroatoms. The fourth-order valence-electron chi connectivity index (χ4n) is 2.04. The molecule has 0 saturated carbocycles. The van der Waals surface area contributed by atoms with Gasteiger partial charge in [0.15, 0.2) is 0 Å². The molecular formula is C12H16FN. The van der Waals surface area contributed by atoms with E-state index in [0.29, 0.717) is 6.42 Å². The van der Waals surface area contributed by atoms with E-state index in [1.807, 2.05) is 19.1 Å². The Hall–Kier alpha value is -1.05. The van der Waals surface area contributed by atoms with E-state index in [0.717, 1.165) is 30.6 Å². The highest BCUT2D eigenvalue weighted by molar-refractivity contribution is 5.61. The van der Waals surface area contributed by atoms with Gasteiger partial charge in [-0.2, -0.15) is 0 Å². The van der Waals surface area contributed by atoms with Crippen molar-refractivity contribution in [2.75, 3.05) is 11.9 Å². The van der Waals surface area contributed by atoms with E-state index in [9.17, 15) is 4.39 Å². The van der Waals surface area contributed by atoms with Crippen molar-refractivity contribution >= 4 is 5.69 Å². The Morgan fingerprint density at radius 2 is 2.36 bits per heavy atom. The molecule has 1 atom stereocenters. The molecule has 2 rings (SSSR count). The fraction of sp³-hybridized carbons (Fsp3) is 0.500. The van der Waals surface area contributed by atoms with Crippen molar-refractivity contribution in [3.05, 3.63) is 29.3 Å². The number of rotatable bonds is 3. The molecule has 0 spiro atoms. The summed E-state index contributed by atoms with van der Waals surface area (Å²) in [5.74, 6) is 0. The topological polar surface area (TPSA) is 12.0 Å². The molecule has 1 unspecified atom stereocenters. The van der Waals surface area contributed by atoms with Crippen LogP contribution in [0.5, 0.6) is 0 Å². The lowest BCUT2D eigenvalue weighted by atomic mass is 10.0. The van der Waals surface area contributed by atoms with E-state index < -0.39 is 6.17 Å². The second-order valence-corrected chi connectivity index (χ2v) is 3.81. The van der Waals surface area contributed by atoms with Crippen LogP contribution < -0.4 is 5.32 Å². The second-order valence-electron chi connectivity index (χ2n) is 3.81. The van der Waals surface area contributed by atoms with Gasteiger partial charge in [-0.3, -0.25) is 0 Å². The van der Waals surface area contributed by atoms with Crippen molar-refractivity contribution in [2.45, 2.75) is 32.4 Å². The molecule has 0 amide bonds. The normalized spacial score (nSPS) is 16.1. The van der Waals surface area contributed by atoms with Crippen LogP contribution in [0.4, 0.5) is 10.1 Å². The van der Waals surface area contributed by atoms with E-state index in [1.54, 1.807) is 0 Å². The lowest BCUT2D eigenvalue weighted by Gasteiger charge is -2.12. The molecule has 1 heterocycles. The molecule has 1 aromatic carbocycles. The Kier molecular flexibility index (Phi) is 2.71. The number of nitrogens with one attached hydrogen (secondary N) is 1. The molecule has 0 fully saturated rings. The summed E-state index contributed by atoms with van der Waals surface area (Å²) in [4.78, 5) is 0. The Balaban J connectivity index is 2.29. The molecule has 1 aromatic rings. The van der Waals surface area contributed by atoms with Gasteiger partial charge < -0.3 is 5.32 Å². The number of para-hydroxylation sites is 1. The maximum absolute atomic E-state index is 13.8. The number of halogens is 1. The first-order valence-corrected chi connectivity index (χ1v) is 5.32. The predicted molar refractivity (Wildman–Crippen MR) is 57.4 cm³/mol. The summed E-state index contributed by atoms with van der Waals surface area (Å²) in [6, 6.07) is 5.94. The third kappa shape index (κ3) is 1.61. The van der Waals surface area contributed by atoms with Gasteiger partial charge >= 0.3 is 0 Å². The van der Waals surface area contributed by atoms with Crippen LogP contribution in [0.1, 0.15) is 37.1 Å². The SMILES string of the molecule is CCCC(F)c1cccc2c1NCC2. The number of hydrogen-bond acceptors (Lipinski definition) is 1. The van der Waals surface area contributed by atoms with Crippen molar-refractivity contribution in [3.63, 3.8) is 0 Å². The molecule has 1 aliphatic heterocycles. The van der Waals surface area contributed by atoms with Gasteiger partial charge in [-0.25, -0.2) is 4.39 Å². The van der Waals surface area contributed by atoms with Crippen LogP contribution in [-0.2, 0) is 6.42 Å². The summed E-state index contributed by atoms with van der Waals surface area (Å²) in [5.41, 5.74) is 3.16. The molecule has 1 N–H and O–H groups in total. The maximum atomic E-state index is 13.8. The standard InChI is InChI=1S/C12H16FN/c1-2-4-11(13)10-6-3-5-9-7-8-14-12(9)10/h3,5-6,11,14H,2,4,7-8H2,1H3. The summed E-state index contributed by atoms with van der Waals surface area (Å²) in [6.45, 7) is 2.97. The molecule has 0 aromatic heterocycles. The summed E-state index contributed by atoms with van der Waals surface area (Å²) >= 11 is 0. The van der Waals surface area contributed by atoms with Gasteiger partial charge in [-0.1, -0.05) is 31.5 Å². The average Bonchev–Trinajstić information content (AvgIpc) is 2.65. The summed E-state index contributed by atoms with van der Waals surface area (Å²) in [5, 5.41) is 3.27. The van der Waals surface area contributed by atoms with E-state index in [2.05, 4.69) is 11.4 Å². The molecule has 1 aliphatic rings.